The number of imidazole rings is 1. The first-order chi connectivity index (χ1) is 16.1. The second-order valence-corrected chi connectivity index (χ2v) is 8.79. The van der Waals surface area contributed by atoms with Gasteiger partial charge in [-0.05, 0) is 42.8 Å². The number of ether oxygens (including phenoxy) is 1. The van der Waals surface area contributed by atoms with Crippen LogP contribution in [0.15, 0.2) is 67.1 Å². The predicted octanol–water partition coefficient (Wildman–Crippen LogP) is 5.12. The molecule has 0 fully saturated rings. The number of hydrogen-bond donors (Lipinski definition) is 2. The summed E-state index contributed by atoms with van der Waals surface area (Å²) in [5.41, 5.74) is 7.32. The largest absolute Gasteiger partial charge is 0.495 e. The van der Waals surface area contributed by atoms with E-state index in [0.29, 0.717) is 16.9 Å². The Hall–Kier alpha value is -3.52. The van der Waals surface area contributed by atoms with Crippen LogP contribution in [0.1, 0.15) is 16.7 Å². The van der Waals surface area contributed by atoms with E-state index in [1.807, 2.05) is 30.7 Å². The van der Waals surface area contributed by atoms with Crippen LogP contribution in [-0.2, 0) is 13.2 Å². The van der Waals surface area contributed by atoms with Crippen molar-refractivity contribution in [1.29, 1.82) is 0 Å². The van der Waals surface area contributed by atoms with E-state index in [9.17, 15) is 10.2 Å². The first kappa shape index (κ1) is 21.3. The summed E-state index contributed by atoms with van der Waals surface area (Å²) in [5.74, 6) is 0.570. The summed E-state index contributed by atoms with van der Waals surface area (Å²) >= 11 is 1.51. The molecule has 33 heavy (non-hydrogen) atoms. The Kier molecular flexibility index (Phi) is 5.68. The molecule has 6 nitrogen and oxygen atoms in total. The molecule has 0 aliphatic rings. The lowest BCUT2D eigenvalue weighted by molar-refractivity contribution is 0.254. The second kappa shape index (κ2) is 8.78. The number of methoxy groups -OCH3 is 1. The minimum atomic E-state index is -0.203. The van der Waals surface area contributed by atoms with E-state index >= 15 is 0 Å². The van der Waals surface area contributed by atoms with Crippen LogP contribution in [0.3, 0.4) is 0 Å². The zero-order valence-electron chi connectivity index (χ0n) is 18.3. The van der Waals surface area contributed by atoms with Gasteiger partial charge in [-0.15, -0.1) is 11.3 Å². The van der Waals surface area contributed by atoms with Crippen LogP contribution in [0.5, 0.6) is 5.75 Å². The fourth-order valence-electron chi connectivity index (χ4n) is 3.98. The number of aromatic nitrogens is 3. The zero-order valence-corrected chi connectivity index (χ0v) is 19.1. The summed E-state index contributed by atoms with van der Waals surface area (Å²) in [6, 6.07) is 18.4. The standard InChI is InChI=1S/C26H23N3O3S/c1-16-3-5-17(6-4-16)23-12-27-15-29(23)20-9-7-18(8-10-20)26-28-22-11-19(13-30)21(14-31)24(32-2)25(22)33-26/h3-12,15,30-31H,13-14H2,1-2H3. The van der Waals surface area contributed by atoms with Gasteiger partial charge in [-0.3, -0.25) is 4.57 Å². The quantitative estimate of drug-likeness (QED) is 0.370. The number of benzene rings is 3. The highest BCUT2D eigenvalue weighted by Gasteiger charge is 2.18. The summed E-state index contributed by atoms with van der Waals surface area (Å²) < 4.78 is 8.48. The Balaban J connectivity index is 1.52. The van der Waals surface area contributed by atoms with Crippen LogP contribution < -0.4 is 4.74 Å². The topological polar surface area (TPSA) is 80.4 Å². The van der Waals surface area contributed by atoms with Crippen LogP contribution >= 0.6 is 11.3 Å². The van der Waals surface area contributed by atoms with Crippen molar-refractivity contribution in [3.63, 3.8) is 0 Å². The molecule has 0 unspecified atom stereocenters. The van der Waals surface area contributed by atoms with Crippen molar-refractivity contribution in [1.82, 2.24) is 14.5 Å². The van der Waals surface area contributed by atoms with Gasteiger partial charge < -0.3 is 14.9 Å². The van der Waals surface area contributed by atoms with Gasteiger partial charge in [-0.25, -0.2) is 9.97 Å². The minimum Gasteiger partial charge on any atom is -0.495 e. The Bertz CT molecular complexity index is 1420. The number of hydrogen-bond acceptors (Lipinski definition) is 6. The highest BCUT2D eigenvalue weighted by molar-refractivity contribution is 7.22. The lowest BCUT2D eigenvalue weighted by Gasteiger charge is -2.11. The van der Waals surface area contributed by atoms with Crippen LogP contribution in [0.25, 0.3) is 37.7 Å². The molecule has 5 rings (SSSR count). The first-order valence-corrected chi connectivity index (χ1v) is 11.4. The van der Waals surface area contributed by atoms with E-state index in [-0.39, 0.29) is 13.2 Å². The molecule has 2 heterocycles. The van der Waals surface area contributed by atoms with E-state index < -0.39 is 0 Å². The molecule has 0 saturated carbocycles. The fourth-order valence-corrected chi connectivity index (χ4v) is 5.08. The third-order valence-electron chi connectivity index (χ3n) is 5.74. The monoisotopic (exact) mass is 457 g/mol. The summed E-state index contributed by atoms with van der Waals surface area (Å²) in [7, 11) is 1.57. The maximum atomic E-state index is 9.77. The van der Waals surface area contributed by atoms with Gasteiger partial charge in [0.2, 0.25) is 0 Å². The van der Waals surface area contributed by atoms with Crippen LogP contribution in [0, 0.1) is 6.92 Å². The predicted molar refractivity (Wildman–Crippen MR) is 131 cm³/mol. The van der Waals surface area contributed by atoms with Crippen molar-refractivity contribution in [2.45, 2.75) is 20.1 Å². The molecule has 0 aliphatic carbocycles. The van der Waals surface area contributed by atoms with Gasteiger partial charge in [-0.1, -0.05) is 29.8 Å². The molecular weight excluding hydrogens is 434 g/mol. The average molecular weight is 458 g/mol. The van der Waals surface area contributed by atoms with E-state index in [1.54, 1.807) is 7.11 Å². The lowest BCUT2D eigenvalue weighted by atomic mass is 10.1. The molecule has 2 aromatic heterocycles. The molecule has 3 aromatic carbocycles. The summed E-state index contributed by atoms with van der Waals surface area (Å²) in [6.07, 6.45) is 3.69. The number of aliphatic hydroxyl groups excluding tert-OH is 2. The van der Waals surface area contributed by atoms with Crippen molar-refractivity contribution in [3.8, 4) is 33.3 Å². The normalized spacial score (nSPS) is 11.3. The van der Waals surface area contributed by atoms with Crippen molar-refractivity contribution >= 4 is 21.6 Å². The molecule has 2 N–H and O–H groups in total. The van der Waals surface area contributed by atoms with E-state index in [2.05, 4.69) is 52.9 Å². The molecule has 0 amide bonds. The van der Waals surface area contributed by atoms with Gasteiger partial charge in [0.1, 0.15) is 10.8 Å². The van der Waals surface area contributed by atoms with Crippen LogP contribution in [-0.4, -0.2) is 31.9 Å². The van der Waals surface area contributed by atoms with Gasteiger partial charge in [0.25, 0.3) is 0 Å². The highest BCUT2D eigenvalue weighted by Crippen LogP contribution is 2.40. The van der Waals surface area contributed by atoms with E-state index in [0.717, 1.165) is 37.7 Å². The van der Waals surface area contributed by atoms with Gasteiger partial charge in [0.05, 0.1) is 48.8 Å². The molecule has 0 bridgehead atoms. The SMILES string of the molecule is COc1c(CO)c(CO)cc2nc(-c3ccc(-n4cncc4-c4ccc(C)cc4)cc3)sc12. The van der Waals surface area contributed by atoms with Gasteiger partial charge in [0, 0.05) is 22.4 Å². The van der Waals surface area contributed by atoms with Gasteiger partial charge >= 0.3 is 0 Å². The van der Waals surface area contributed by atoms with Crippen LogP contribution in [0.2, 0.25) is 0 Å². The minimum absolute atomic E-state index is 0.183. The number of rotatable bonds is 6. The average Bonchev–Trinajstić information content (AvgIpc) is 3.50. The molecule has 0 radical (unpaired) electrons. The summed E-state index contributed by atoms with van der Waals surface area (Å²) in [6.45, 7) is 1.69. The maximum Gasteiger partial charge on any atom is 0.144 e. The second-order valence-electron chi connectivity index (χ2n) is 7.79. The third-order valence-corrected chi connectivity index (χ3v) is 6.86. The number of thiazole rings is 1. The number of nitrogens with zero attached hydrogens (tertiary/aromatic N) is 3. The summed E-state index contributed by atoms with van der Waals surface area (Å²) in [4.78, 5) is 9.12. The summed E-state index contributed by atoms with van der Waals surface area (Å²) in [5, 5.41) is 20.3. The molecular formula is C26H23N3O3S. The number of aliphatic hydroxyl groups is 2. The van der Waals surface area contributed by atoms with E-state index in [4.69, 9.17) is 9.72 Å². The Morgan fingerprint density at radius 1 is 0.970 bits per heavy atom. The molecule has 166 valence electrons. The van der Waals surface area contributed by atoms with Gasteiger partial charge in [0.15, 0.2) is 0 Å². The van der Waals surface area contributed by atoms with Crippen molar-refractivity contribution in [2.75, 3.05) is 7.11 Å². The molecule has 7 heteroatoms. The molecule has 5 aromatic rings. The van der Waals surface area contributed by atoms with E-state index in [1.165, 1.54) is 16.9 Å². The number of fused-ring (bicyclic) bond motifs is 1. The highest BCUT2D eigenvalue weighted by atomic mass is 32.1. The zero-order chi connectivity index (χ0) is 22.9. The molecule has 0 aliphatic heterocycles. The fraction of sp³-hybridized carbons (Fsp3) is 0.154. The lowest BCUT2D eigenvalue weighted by Crippen LogP contribution is -1.99. The van der Waals surface area contributed by atoms with Crippen LogP contribution in [0.4, 0.5) is 0 Å². The Labute approximate surface area is 195 Å². The maximum absolute atomic E-state index is 9.77. The molecule has 0 spiro atoms. The smallest absolute Gasteiger partial charge is 0.144 e. The molecule has 0 saturated heterocycles. The number of aryl methyl sites for hydroxylation is 1. The Morgan fingerprint density at radius 2 is 1.70 bits per heavy atom. The Morgan fingerprint density at radius 3 is 2.36 bits per heavy atom. The third kappa shape index (κ3) is 3.80. The van der Waals surface area contributed by atoms with Crippen molar-refractivity contribution in [3.05, 3.63) is 83.8 Å². The van der Waals surface area contributed by atoms with Gasteiger partial charge in [-0.2, -0.15) is 0 Å². The first-order valence-electron chi connectivity index (χ1n) is 10.5. The molecule has 0 atom stereocenters. The van der Waals surface area contributed by atoms with Crippen molar-refractivity contribution in [2.24, 2.45) is 0 Å². The van der Waals surface area contributed by atoms with Crippen molar-refractivity contribution < 1.29 is 14.9 Å².